The van der Waals surface area contributed by atoms with Gasteiger partial charge in [0.15, 0.2) is 5.76 Å². The highest BCUT2D eigenvalue weighted by Gasteiger charge is 2.26. The van der Waals surface area contributed by atoms with E-state index in [1.165, 1.54) is 6.26 Å². The quantitative estimate of drug-likeness (QED) is 0.733. The smallest absolute Gasteiger partial charge is 0.289 e. The zero-order chi connectivity index (χ0) is 19.4. The first-order valence-electron chi connectivity index (χ1n) is 8.33. The van der Waals surface area contributed by atoms with Crippen molar-refractivity contribution in [3.63, 3.8) is 0 Å². The lowest BCUT2D eigenvalue weighted by Gasteiger charge is -2.34. The number of rotatable bonds is 5. The Hall–Kier alpha value is -1.83. The number of hydrogen-bond acceptors (Lipinski definition) is 4. The largest absolute Gasteiger partial charge is 0.459 e. The summed E-state index contributed by atoms with van der Waals surface area (Å²) in [6, 6.07) is 8.26. The average Bonchev–Trinajstić information content (AvgIpc) is 3.18. The fraction of sp³-hybridized carbons (Fsp3) is 0.333. The van der Waals surface area contributed by atoms with Crippen LogP contribution in [0.4, 0.5) is 0 Å². The molecule has 1 aromatic heterocycles. The molecular formula is C18H18Cl2N2O4S. The maximum atomic E-state index is 12.4. The van der Waals surface area contributed by atoms with E-state index in [9.17, 15) is 13.8 Å². The predicted octanol–water partition coefficient (Wildman–Crippen LogP) is 2.82. The third-order valence-corrected chi connectivity index (χ3v) is 6.06. The highest BCUT2D eigenvalue weighted by Crippen LogP contribution is 2.22. The molecule has 0 radical (unpaired) electrons. The van der Waals surface area contributed by atoms with Crippen molar-refractivity contribution in [1.82, 2.24) is 9.80 Å². The number of furan rings is 1. The Morgan fingerprint density at radius 3 is 2.41 bits per heavy atom. The summed E-state index contributed by atoms with van der Waals surface area (Å²) in [5.41, 5.74) is 0.695. The van der Waals surface area contributed by atoms with Crippen molar-refractivity contribution in [2.75, 3.05) is 31.9 Å². The van der Waals surface area contributed by atoms with Crippen LogP contribution in [-0.2, 0) is 21.3 Å². The fourth-order valence-corrected chi connectivity index (χ4v) is 4.52. The van der Waals surface area contributed by atoms with Gasteiger partial charge in [0.25, 0.3) is 5.91 Å². The molecule has 0 unspecified atom stereocenters. The summed E-state index contributed by atoms with van der Waals surface area (Å²) in [5, 5.41) is 0.945. The van der Waals surface area contributed by atoms with Gasteiger partial charge in [-0.15, -0.1) is 0 Å². The molecule has 0 bridgehead atoms. The first-order valence-corrected chi connectivity index (χ1v) is 10.6. The molecule has 1 saturated heterocycles. The molecule has 0 aliphatic carbocycles. The number of benzene rings is 1. The molecule has 0 N–H and O–H groups in total. The van der Waals surface area contributed by atoms with E-state index in [2.05, 4.69) is 0 Å². The van der Waals surface area contributed by atoms with Gasteiger partial charge in [-0.05, 0) is 29.8 Å². The number of carbonyl (C=O) groups excluding carboxylic acids is 2. The van der Waals surface area contributed by atoms with E-state index in [0.29, 0.717) is 41.8 Å². The van der Waals surface area contributed by atoms with Gasteiger partial charge in [0.2, 0.25) is 5.91 Å². The van der Waals surface area contributed by atoms with Crippen LogP contribution in [0.5, 0.6) is 0 Å². The number of hydrogen-bond donors (Lipinski definition) is 0. The minimum absolute atomic E-state index is 0.0783. The maximum absolute atomic E-state index is 12.4. The highest BCUT2D eigenvalue weighted by molar-refractivity contribution is 7.84. The Kier molecular flexibility index (Phi) is 6.57. The summed E-state index contributed by atoms with van der Waals surface area (Å²) >= 11 is 11.9. The second-order valence-corrected chi connectivity index (χ2v) is 8.42. The molecular weight excluding hydrogens is 411 g/mol. The third kappa shape index (κ3) is 5.12. The molecule has 6 nitrogen and oxygen atoms in total. The van der Waals surface area contributed by atoms with Crippen LogP contribution in [0.2, 0.25) is 10.0 Å². The standard InChI is InChI=1S/C18H18Cl2N2O4S/c19-14-4-3-13(15(20)10-14)11-27(25)12-17(23)21-5-7-22(8-6-21)18(24)16-2-1-9-26-16/h1-4,9-10H,5-8,11-12H2/t27-/m0/s1. The van der Waals surface area contributed by atoms with Crippen molar-refractivity contribution in [3.8, 4) is 0 Å². The molecule has 1 aliphatic rings. The lowest BCUT2D eigenvalue weighted by Crippen LogP contribution is -2.51. The number of nitrogens with zero attached hydrogens (tertiary/aromatic N) is 2. The molecule has 2 amide bonds. The van der Waals surface area contributed by atoms with Gasteiger partial charge in [0.05, 0.1) is 12.0 Å². The summed E-state index contributed by atoms with van der Waals surface area (Å²) in [6.07, 6.45) is 1.45. The van der Waals surface area contributed by atoms with E-state index < -0.39 is 10.8 Å². The van der Waals surface area contributed by atoms with E-state index in [-0.39, 0.29) is 29.1 Å². The molecule has 1 atom stereocenters. The zero-order valence-corrected chi connectivity index (χ0v) is 16.7. The van der Waals surface area contributed by atoms with E-state index in [1.807, 2.05) is 0 Å². The summed E-state index contributed by atoms with van der Waals surface area (Å²) in [6.45, 7) is 1.65. The molecule has 27 heavy (non-hydrogen) atoms. The topological polar surface area (TPSA) is 70.8 Å². The summed E-state index contributed by atoms with van der Waals surface area (Å²) in [4.78, 5) is 27.9. The van der Waals surface area contributed by atoms with Crippen LogP contribution >= 0.6 is 23.2 Å². The molecule has 9 heteroatoms. The van der Waals surface area contributed by atoms with Crippen molar-refractivity contribution in [2.45, 2.75) is 5.75 Å². The van der Waals surface area contributed by atoms with E-state index >= 15 is 0 Å². The average molecular weight is 429 g/mol. The van der Waals surface area contributed by atoms with Gasteiger partial charge < -0.3 is 14.2 Å². The van der Waals surface area contributed by atoms with Gasteiger partial charge in [0, 0.05) is 47.0 Å². The molecule has 2 aromatic rings. The van der Waals surface area contributed by atoms with Crippen LogP contribution in [0.1, 0.15) is 16.1 Å². The van der Waals surface area contributed by atoms with Crippen molar-refractivity contribution in [2.24, 2.45) is 0 Å². The lowest BCUT2D eigenvalue weighted by atomic mass is 10.2. The van der Waals surface area contributed by atoms with Gasteiger partial charge in [-0.3, -0.25) is 13.8 Å². The Morgan fingerprint density at radius 2 is 1.78 bits per heavy atom. The third-order valence-electron chi connectivity index (χ3n) is 4.27. The van der Waals surface area contributed by atoms with Gasteiger partial charge in [-0.2, -0.15) is 0 Å². The van der Waals surface area contributed by atoms with Crippen LogP contribution in [0.3, 0.4) is 0 Å². The molecule has 0 saturated carbocycles. The van der Waals surface area contributed by atoms with E-state index in [4.69, 9.17) is 27.6 Å². The second kappa shape index (κ2) is 8.91. The molecule has 1 fully saturated rings. The number of amides is 2. The zero-order valence-electron chi connectivity index (χ0n) is 14.4. The van der Waals surface area contributed by atoms with E-state index in [0.717, 1.165) is 0 Å². The summed E-state index contributed by atoms with van der Waals surface area (Å²) < 4.78 is 17.4. The summed E-state index contributed by atoms with van der Waals surface area (Å²) in [5.74, 6) is 0.0244. The van der Waals surface area contributed by atoms with Crippen molar-refractivity contribution in [1.29, 1.82) is 0 Å². The minimum Gasteiger partial charge on any atom is -0.459 e. The van der Waals surface area contributed by atoms with Crippen LogP contribution in [0.25, 0.3) is 0 Å². The van der Waals surface area contributed by atoms with E-state index in [1.54, 1.807) is 40.1 Å². The number of carbonyl (C=O) groups is 2. The minimum atomic E-state index is -1.38. The molecule has 0 spiro atoms. The number of piperazine rings is 1. The van der Waals surface area contributed by atoms with Gasteiger partial charge in [-0.1, -0.05) is 29.3 Å². The van der Waals surface area contributed by atoms with Gasteiger partial charge >= 0.3 is 0 Å². The van der Waals surface area contributed by atoms with Crippen LogP contribution in [-0.4, -0.2) is 57.8 Å². The van der Waals surface area contributed by atoms with Gasteiger partial charge in [-0.25, -0.2) is 0 Å². The first-order chi connectivity index (χ1) is 12.9. The van der Waals surface area contributed by atoms with Crippen molar-refractivity contribution in [3.05, 3.63) is 58.0 Å². The Bertz CT molecular complexity index is 849. The number of halogens is 2. The normalized spacial score (nSPS) is 15.6. The van der Waals surface area contributed by atoms with Gasteiger partial charge in [0.1, 0.15) is 5.75 Å². The first kappa shape index (κ1) is 19.9. The molecule has 144 valence electrons. The van der Waals surface area contributed by atoms with Crippen LogP contribution < -0.4 is 0 Å². The maximum Gasteiger partial charge on any atom is 0.289 e. The Balaban J connectivity index is 1.49. The fourth-order valence-electron chi connectivity index (χ4n) is 2.81. The van der Waals surface area contributed by atoms with Crippen molar-refractivity contribution < 1.29 is 18.2 Å². The molecule has 1 aliphatic heterocycles. The van der Waals surface area contributed by atoms with Crippen molar-refractivity contribution >= 4 is 45.8 Å². The predicted molar refractivity (Wildman–Crippen MR) is 104 cm³/mol. The SMILES string of the molecule is O=C(C[S@@](=O)Cc1ccc(Cl)cc1Cl)N1CCN(C(=O)c2ccco2)CC1. The Morgan fingerprint density at radius 1 is 1.07 bits per heavy atom. The molecule has 1 aromatic carbocycles. The molecule has 2 heterocycles. The summed E-state index contributed by atoms with van der Waals surface area (Å²) in [7, 11) is -1.38. The second-order valence-electron chi connectivity index (χ2n) is 6.11. The highest BCUT2D eigenvalue weighted by atomic mass is 35.5. The molecule has 3 rings (SSSR count). The van der Waals surface area contributed by atoms with Crippen LogP contribution in [0.15, 0.2) is 41.0 Å². The monoisotopic (exact) mass is 428 g/mol. The Labute approximate surface area is 169 Å². The lowest BCUT2D eigenvalue weighted by molar-refractivity contribution is -0.129. The van der Waals surface area contributed by atoms with Crippen LogP contribution in [0, 0.1) is 0 Å².